The maximum atomic E-state index is 12.3. The first kappa shape index (κ1) is 17.7. The lowest BCUT2D eigenvalue weighted by atomic mass is 9.98. The van der Waals surface area contributed by atoms with Crippen LogP contribution in [-0.4, -0.2) is 45.7 Å². The Kier molecular flexibility index (Phi) is 6.33. The summed E-state index contributed by atoms with van der Waals surface area (Å²) < 4.78 is 5.44. The average molecular weight is 320 g/mol. The third kappa shape index (κ3) is 4.89. The van der Waals surface area contributed by atoms with Crippen LogP contribution >= 0.6 is 0 Å². The van der Waals surface area contributed by atoms with Crippen molar-refractivity contribution in [3.63, 3.8) is 0 Å². The molecule has 126 valence electrons. The van der Waals surface area contributed by atoms with Crippen molar-refractivity contribution >= 4 is 12.0 Å². The van der Waals surface area contributed by atoms with Crippen LogP contribution in [0.1, 0.15) is 48.5 Å². The molecule has 3 N–H and O–H groups in total. The topological polar surface area (TPSA) is 87.0 Å². The first-order valence-corrected chi connectivity index (χ1v) is 7.99. The molecule has 0 saturated heterocycles. The number of hydrogen-bond acceptors (Lipinski definition) is 5. The van der Waals surface area contributed by atoms with E-state index in [-0.39, 0.29) is 18.5 Å². The molecule has 0 unspecified atom stereocenters. The van der Waals surface area contributed by atoms with E-state index in [0.29, 0.717) is 30.4 Å². The van der Waals surface area contributed by atoms with Gasteiger partial charge in [0.05, 0.1) is 23.9 Å². The van der Waals surface area contributed by atoms with Gasteiger partial charge in [-0.15, -0.1) is 0 Å². The van der Waals surface area contributed by atoms with Crippen molar-refractivity contribution in [3.05, 3.63) is 41.5 Å². The minimum atomic E-state index is -1.18. The summed E-state index contributed by atoms with van der Waals surface area (Å²) in [6, 6.07) is 7.09. The van der Waals surface area contributed by atoms with Crippen molar-refractivity contribution in [2.45, 2.75) is 57.0 Å². The number of benzene rings is 1. The summed E-state index contributed by atoms with van der Waals surface area (Å²) in [4.78, 5) is 12.3. The fraction of sp³-hybridized carbons (Fsp3) is 0.500. The second-order valence-electron chi connectivity index (χ2n) is 6.00. The van der Waals surface area contributed by atoms with Gasteiger partial charge in [0.15, 0.2) is 0 Å². The Morgan fingerprint density at radius 2 is 1.83 bits per heavy atom. The van der Waals surface area contributed by atoms with E-state index < -0.39 is 18.3 Å². The molecule has 0 amide bonds. The zero-order valence-corrected chi connectivity index (χ0v) is 13.3. The van der Waals surface area contributed by atoms with Gasteiger partial charge >= 0.3 is 5.97 Å². The Labute approximate surface area is 136 Å². The highest BCUT2D eigenvalue weighted by atomic mass is 16.5. The van der Waals surface area contributed by atoms with Crippen molar-refractivity contribution in [1.29, 1.82) is 0 Å². The van der Waals surface area contributed by atoms with Gasteiger partial charge in [0.2, 0.25) is 0 Å². The lowest BCUT2D eigenvalue weighted by Crippen LogP contribution is -2.37. The molecule has 5 heteroatoms. The number of cyclic esters (lactones) is 1. The first-order valence-electron chi connectivity index (χ1n) is 7.99. The van der Waals surface area contributed by atoms with E-state index in [1.54, 1.807) is 37.3 Å². The summed E-state index contributed by atoms with van der Waals surface area (Å²) in [6.45, 7) is 1.81. The normalized spacial score (nSPS) is 31.6. The summed E-state index contributed by atoms with van der Waals surface area (Å²) in [5, 5.41) is 29.8. The SMILES string of the molecule is C[C@H]1CCC[C@H](O)[C@H](O)[C@H](O)C/C=C/c2ccccc2C(=O)O1. The van der Waals surface area contributed by atoms with E-state index in [1.807, 2.05) is 6.07 Å². The molecule has 1 aliphatic rings. The van der Waals surface area contributed by atoms with E-state index in [0.717, 1.165) is 0 Å². The van der Waals surface area contributed by atoms with Gasteiger partial charge in [-0.2, -0.15) is 0 Å². The number of hydrogen-bond donors (Lipinski definition) is 3. The molecule has 5 nitrogen and oxygen atoms in total. The molecule has 0 aliphatic carbocycles. The van der Waals surface area contributed by atoms with Gasteiger partial charge in [-0.1, -0.05) is 30.4 Å². The molecule has 23 heavy (non-hydrogen) atoms. The van der Waals surface area contributed by atoms with Gasteiger partial charge in [0.25, 0.3) is 0 Å². The highest BCUT2D eigenvalue weighted by Gasteiger charge is 2.24. The van der Waals surface area contributed by atoms with Crippen molar-refractivity contribution in [3.8, 4) is 0 Å². The van der Waals surface area contributed by atoms with Crippen LogP contribution in [0.3, 0.4) is 0 Å². The third-order valence-corrected chi connectivity index (χ3v) is 4.06. The van der Waals surface area contributed by atoms with Gasteiger partial charge in [0, 0.05) is 0 Å². The van der Waals surface area contributed by atoms with Crippen LogP contribution < -0.4 is 0 Å². The molecule has 0 saturated carbocycles. The molecule has 0 spiro atoms. The summed E-state index contributed by atoms with van der Waals surface area (Å²) >= 11 is 0. The maximum absolute atomic E-state index is 12.3. The largest absolute Gasteiger partial charge is 0.459 e. The predicted octanol–water partition coefficient (Wildman–Crippen LogP) is 1.90. The number of rotatable bonds is 0. The number of ether oxygens (including phenoxy) is 1. The third-order valence-electron chi connectivity index (χ3n) is 4.06. The van der Waals surface area contributed by atoms with Crippen LogP contribution in [0.15, 0.2) is 30.3 Å². The highest BCUT2D eigenvalue weighted by molar-refractivity contribution is 5.93. The van der Waals surface area contributed by atoms with Gasteiger partial charge < -0.3 is 20.1 Å². The molecule has 0 fully saturated rings. The summed E-state index contributed by atoms with van der Waals surface area (Å²) in [7, 11) is 0. The zero-order chi connectivity index (χ0) is 16.8. The molecule has 4 atom stereocenters. The number of esters is 1. The number of aliphatic hydroxyl groups excluding tert-OH is 3. The van der Waals surface area contributed by atoms with Crippen molar-refractivity contribution in [2.75, 3.05) is 0 Å². The van der Waals surface area contributed by atoms with Crippen molar-refractivity contribution in [1.82, 2.24) is 0 Å². The summed E-state index contributed by atoms with van der Waals surface area (Å²) in [5.74, 6) is -0.379. The second kappa shape index (κ2) is 8.24. The van der Waals surface area contributed by atoms with Crippen LogP contribution in [0, 0.1) is 0 Å². The van der Waals surface area contributed by atoms with Gasteiger partial charge in [-0.25, -0.2) is 4.79 Å². The smallest absolute Gasteiger partial charge is 0.338 e. The van der Waals surface area contributed by atoms with E-state index >= 15 is 0 Å². The zero-order valence-electron chi connectivity index (χ0n) is 13.3. The molecule has 1 aliphatic heterocycles. The van der Waals surface area contributed by atoms with E-state index in [9.17, 15) is 20.1 Å². The molecule has 1 heterocycles. The van der Waals surface area contributed by atoms with Crippen LogP contribution in [0.4, 0.5) is 0 Å². The van der Waals surface area contributed by atoms with Crippen LogP contribution in [-0.2, 0) is 4.74 Å². The van der Waals surface area contributed by atoms with E-state index in [2.05, 4.69) is 0 Å². The van der Waals surface area contributed by atoms with Gasteiger partial charge in [0.1, 0.15) is 6.10 Å². The molecule has 1 aromatic carbocycles. The van der Waals surface area contributed by atoms with Crippen LogP contribution in [0.5, 0.6) is 0 Å². The standard InChI is InChI=1S/C18H24O5/c1-12-6-4-10-15(19)17(21)16(20)11-5-8-13-7-2-3-9-14(13)18(22)23-12/h2-3,5,7-9,12,15-17,19-21H,4,6,10-11H2,1H3/b8-5+/t12-,15-,16+,17-/m0/s1. The minimum absolute atomic E-state index is 0.192. The Hall–Kier alpha value is -1.69. The quantitative estimate of drug-likeness (QED) is 0.636. The first-order chi connectivity index (χ1) is 11.0. The Morgan fingerprint density at radius 3 is 2.61 bits per heavy atom. The lowest BCUT2D eigenvalue weighted by Gasteiger charge is -2.23. The second-order valence-corrected chi connectivity index (χ2v) is 6.00. The lowest BCUT2D eigenvalue weighted by molar-refractivity contribution is -0.0613. The van der Waals surface area contributed by atoms with Crippen LogP contribution in [0.2, 0.25) is 0 Å². The number of aliphatic hydroxyl groups is 3. The Bertz CT molecular complexity index is 554. The molecule has 0 radical (unpaired) electrons. The average Bonchev–Trinajstić information content (AvgIpc) is 2.53. The Balaban J connectivity index is 2.25. The van der Waals surface area contributed by atoms with E-state index in [1.165, 1.54) is 0 Å². The van der Waals surface area contributed by atoms with Gasteiger partial charge in [-0.3, -0.25) is 0 Å². The number of carbonyl (C=O) groups excluding carboxylic acids is 1. The van der Waals surface area contributed by atoms with Gasteiger partial charge in [-0.05, 0) is 44.2 Å². The van der Waals surface area contributed by atoms with Crippen molar-refractivity contribution in [2.24, 2.45) is 0 Å². The van der Waals surface area contributed by atoms with E-state index in [4.69, 9.17) is 4.74 Å². The number of fused-ring (bicyclic) bond motifs is 1. The predicted molar refractivity (Wildman–Crippen MR) is 86.8 cm³/mol. The Morgan fingerprint density at radius 1 is 1.09 bits per heavy atom. The molecule has 1 aromatic rings. The minimum Gasteiger partial charge on any atom is -0.459 e. The van der Waals surface area contributed by atoms with Crippen molar-refractivity contribution < 1.29 is 24.9 Å². The fourth-order valence-corrected chi connectivity index (χ4v) is 2.65. The summed E-state index contributed by atoms with van der Waals surface area (Å²) in [6.07, 6.45) is 1.63. The number of carbonyl (C=O) groups is 1. The monoisotopic (exact) mass is 320 g/mol. The highest BCUT2D eigenvalue weighted by Crippen LogP contribution is 2.18. The maximum Gasteiger partial charge on any atom is 0.338 e. The molecule has 2 rings (SSSR count). The fourth-order valence-electron chi connectivity index (χ4n) is 2.65. The molecule has 0 bridgehead atoms. The molecular weight excluding hydrogens is 296 g/mol. The molecule has 0 aromatic heterocycles. The summed E-state index contributed by atoms with van der Waals surface area (Å²) in [5.41, 5.74) is 1.17. The molecular formula is C18H24O5. The van der Waals surface area contributed by atoms with Crippen LogP contribution in [0.25, 0.3) is 6.08 Å².